The quantitative estimate of drug-likeness (QED) is 0.764. The highest BCUT2D eigenvalue weighted by molar-refractivity contribution is 7.90. The second kappa shape index (κ2) is 3.34. The molecule has 0 spiro atoms. The van der Waals surface area contributed by atoms with E-state index in [0.717, 1.165) is 6.07 Å². The molecule has 0 aliphatic carbocycles. The summed E-state index contributed by atoms with van der Waals surface area (Å²) >= 11 is 0. The summed E-state index contributed by atoms with van der Waals surface area (Å²) in [5.41, 5.74) is 0.405. The molecule has 0 aromatic heterocycles. The molecule has 1 aliphatic rings. The lowest BCUT2D eigenvalue weighted by atomic mass is 10.2. The number of hydrogen-bond donors (Lipinski definition) is 1. The largest absolute Gasteiger partial charge is 0.299 e. The molecule has 0 atom stereocenters. The highest BCUT2D eigenvalue weighted by atomic mass is 32.2. The lowest BCUT2D eigenvalue weighted by Crippen LogP contribution is -2.14. The number of primary sulfonamides is 1. The molecule has 1 aromatic carbocycles. The third-order valence-electron chi connectivity index (χ3n) is 2.05. The molecule has 0 radical (unpaired) electrons. The van der Waals surface area contributed by atoms with E-state index in [-0.39, 0.29) is 16.3 Å². The normalized spacial score (nSPS) is 18.1. The van der Waals surface area contributed by atoms with Crippen LogP contribution in [0.5, 0.6) is 0 Å². The van der Waals surface area contributed by atoms with Crippen molar-refractivity contribution in [1.82, 2.24) is 0 Å². The predicted molar refractivity (Wildman–Crippen MR) is 53.6 cm³/mol. The molecule has 1 aromatic rings. The number of fused-ring (bicyclic) bond motifs is 1. The molecule has 0 saturated heterocycles. The number of benzene rings is 1. The summed E-state index contributed by atoms with van der Waals surface area (Å²) in [5.74, 6) is 0. The first-order valence-corrected chi connectivity index (χ1v) is 7.09. The zero-order valence-electron chi connectivity index (χ0n) is 7.86. The molecule has 0 amide bonds. The molecule has 1 heterocycles. The van der Waals surface area contributed by atoms with Crippen LogP contribution in [0.25, 0.3) is 0 Å². The maximum atomic E-state index is 11.5. The molecule has 2 rings (SSSR count). The van der Waals surface area contributed by atoms with Crippen LogP contribution in [0, 0.1) is 0 Å². The molecule has 0 unspecified atom stereocenters. The maximum Gasteiger partial charge on any atom is 0.299 e. The number of nitrogens with zero attached hydrogens (tertiary/aromatic N) is 2. The van der Waals surface area contributed by atoms with Crippen LogP contribution in [0.15, 0.2) is 37.6 Å². The monoisotopic (exact) mass is 261 g/mol. The van der Waals surface area contributed by atoms with Gasteiger partial charge in [-0.3, -0.25) is 0 Å². The summed E-state index contributed by atoms with van der Waals surface area (Å²) < 4.78 is 48.1. The van der Waals surface area contributed by atoms with Gasteiger partial charge in [0, 0.05) is 0 Å². The fourth-order valence-electron chi connectivity index (χ4n) is 1.31. The van der Waals surface area contributed by atoms with E-state index in [1.54, 1.807) is 0 Å². The van der Waals surface area contributed by atoms with Gasteiger partial charge in [-0.05, 0) is 17.7 Å². The molecular weight excluding hydrogens is 254 g/mol. The zero-order chi connectivity index (χ0) is 12.0. The van der Waals surface area contributed by atoms with Crippen molar-refractivity contribution in [2.75, 3.05) is 0 Å². The van der Waals surface area contributed by atoms with E-state index >= 15 is 0 Å². The Labute approximate surface area is 92.1 Å². The molecule has 7 nitrogen and oxygen atoms in total. The fourth-order valence-corrected chi connectivity index (χ4v) is 2.96. The van der Waals surface area contributed by atoms with Gasteiger partial charge in [-0.2, -0.15) is 13.5 Å². The van der Waals surface area contributed by atoms with E-state index in [4.69, 9.17) is 5.14 Å². The Bertz CT molecular complexity index is 676. The third-order valence-corrected chi connectivity index (χ3v) is 4.23. The third kappa shape index (κ3) is 1.84. The summed E-state index contributed by atoms with van der Waals surface area (Å²) in [6.45, 7) is 0.111. The Morgan fingerprint density at radius 1 is 1.31 bits per heavy atom. The zero-order valence-corrected chi connectivity index (χ0v) is 9.49. The Kier molecular flexibility index (Phi) is 2.33. The lowest BCUT2D eigenvalue weighted by molar-refractivity contribution is 0.588. The molecule has 1 aliphatic heterocycles. The van der Waals surface area contributed by atoms with Crippen LogP contribution in [0.1, 0.15) is 5.56 Å². The van der Waals surface area contributed by atoms with E-state index in [2.05, 4.69) is 9.63 Å². The molecule has 2 N–H and O–H groups in total. The Balaban J connectivity index is 2.74. The molecule has 0 saturated carbocycles. The van der Waals surface area contributed by atoms with E-state index in [1.165, 1.54) is 12.1 Å². The van der Waals surface area contributed by atoms with Crippen LogP contribution in [-0.4, -0.2) is 16.8 Å². The van der Waals surface area contributed by atoms with Crippen LogP contribution in [0.2, 0.25) is 0 Å². The Morgan fingerprint density at radius 3 is 2.62 bits per heavy atom. The minimum atomic E-state index is -3.92. The van der Waals surface area contributed by atoms with E-state index in [0.29, 0.717) is 5.56 Å². The molecule has 16 heavy (non-hydrogen) atoms. The van der Waals surface area contributed by atoms with Gasteiger partial charge in [0.2, 0.25) is 10.0 Å². The van der Waals surface area contributed by atoms with Gasteiger partial charge in [0.1, 0.15) is 0 Å². The number of hydrogen-bond acceptors (Lipinski definition) is 5. The van der Waals surface area contributed by atoms with Crippen LogP contribution < -0.4 is 5.14 Å². The van der Waals surface area contributed by atoms with Crippen molar-refractivity contribution < 1.29 is 16.8 Å². The van der Waals surface area contributed by atoms with E-state index in [9.17, 15) is 16.8 Å². The summed E-state index contributed by atoms with van der Waals surface area (Å²) in [6.07, 6.45) is 0. The van der Waals surface area contributed by atoms with Crippen molar-refractivity contribution in [1.29, 1.82) is 0 Å². The summed E-state index contributed by atoms with van der Waals surface area (Å²) in [4.78, 5) is -0.416. The van der Waals surface area contributed by atoms with Gasteiger partial charge in [0.25, 0.3) is 10.0 Å². The van der Waals surface area contributed by atoms with Crippen LogP contribution >= 0.6 is 0 Å². The SMILES string of the molecule is NS(=O)(=O)c1ccc2c(c1)S(=O)(=O)N=NC2. The van der Waals surface area contributed by atoms with Crippen molar-refractivity contribution in [3.8, 4) is 0 Å². The van der Waals surface area contributed by atoms with Crippen molar-refractivity contribution in [2.24, 2.45) is 14.8 Å². The van der Waals surface area contributed by atoms with Gasteiger partial charge in [0.05, 0.1) is 16.3 Å². The summed E-state index contributed by atoms with van der Waals surface area (Å²) in [7, 11) is -7.81. The number of rotatable bonds is 1. The van der Waals surface area contributed by atoms with Gasteiger partial charge in [-0.25, -0.2) is 13.6 Å². The van der Waals surface area contributed by atoms with Gasteiger partial charge >= 0.3 is 0 Å². The van der Waals surface area contributed by atoms with Gasteiger partial charge in [-0.1, -0.05) is 10.6 Å². The minimum absolute atomic E-state index is 0.111. The minimum Gasteiger partial charge on any atom is -0.225 e. The smallest absolute Gasteiger partial charge is 0.225 e. The first-order valence-electron chi connectivity index (χ1n) is 4.10. The second-order valence-corrected chi connectivity index (χ2v) is 6.29. The first-order chi connectivity index (χ1) is 7.31. The predicted octanol–water partition coefficient (Wildman–Crippen LogP) is -0.0115. The molecule has 0 bridgehead atoms. The van der Waals surface area contributed by atoms with Gasteiger partial charge in [-0.15, -0.1) is 0 Å². The van der Waals surface area contributed by atoms with Gasteiger partial charge < -0.3 is 0 Å². The van der Waals surface area contributed by atoms with Crippen molar-refractivity contribution >= 4 is 20.0 Å². The highest BCUT2D eigenvalue weighted by Gasteiger charge is 2.23. The van der Waals surface area contributed by atoms with Crippen LogP contribution in [0.3, 0.4) is 0 Å². The van der Waals surface area contributed by atoms with Crippen LogP contribution in [0.4, 0.5) is 0 Å². The molecule has 9 heteroatoms. The topological polar surface area (TPSA) is 119 Å². The maximum absolute atomic E-state index is 11.5. The van der Waals surface area contributed by atoms with Crippen molar-refractivity contribution in [3.05, 3.63) is 23.8 Å². The highest BCUT2D eigenvalue weighted by Crippen LogP contribution is 2.26. The second-order valence-electron chi connectivity index (χ2n) is 3.17. The number of nitrogens with two attached hydrogens (primary N) is 1. The van der Waals surface area contributed by atoms with E-state index in [1.807, 2.05) is 0 Å². The van der Waals surface area contributed by atoms with Crippen LogP contribution in [-0.2, 0) is 26.6 Å². The van der Waals surface area contributed by atoms with Gasteiger partial charge in [0.15, 0.2) is 0 Å². The standard InChI is InChI=1S/C7H7N3O4S2/c8-15(11,12)6-2-1-5-4-9-10-16(13,14)7(5)3-6/h1-3H,4H2,(H2,8,11,12). The fraction of sp³-hybridized carbons (Fsp3) is 0.143. The Morgan fingerprint density at radius 2 is 2.00 bits per heavy atom. The molecule has 0 fully saturated rings. The van der Waals surface area contributed by atoms with Crippen molar-refractivity contribution in [2.45, 2.75) is 16.3 Å². The average molecular weight is 261 g/mol. The molecule has 86 valence electrons. The number of sulfonamides is 2. The Hall–Kier alpha value is -1.32. The average Bonchev–Trinajstić information content (AvgIpc) is 2.15. The lowest BCUT2D eigenvalue weighted by Gasteiger charge is -2.10. The first kappa shape index (κ1) is 11.2. The summed E-state index contributed by atoms with van der Waals surface area (Å²) in [6, 6.07) is 3.60. The van der Waals surface area contributed by atoms with Crippen molar-refractivity contribution in [3.63, 3.8) is 0 Å². The van der Waals surface area contributed by atoms with E-state index < -0.39 is 20.0 Å². The molecular formula is C7H7N3O4S2. The summed E-state index contributed by atoms with van der Waals surface area (Å²) in [5, 5.41) is 8.32.